The molecule has 0 saturated carbocycles. The van der Waals surface area contributed by atoms with E-state index in [1.54, 1.807) is 0 Å². The van der Waals surface area contributed by atoms with Gasteiger partial charge in [0.05, 0.1) is 16.8 Å². The van der Waals surface area contributed by atoms with Crippen LogP contribution in [0.1, 0.15) is 35.3 Å². The Morgan fingerprint density at radius 1 is 1.06 bits per heavy atom. The maximum Gasteiger partial charge on any atom is 0.418 e. The van der Waals surface area contributed by atoms with Crippen molar-refractivity contribution in [1.29, 1.82) is 0 Å². The van der Waals surface area contributed by atoms with E-state index >= 15 is 0 Å². The summed E-state index contributed by atoms with van der Waals surface area (Å²) in [7, 11) is 0. The molecule has 0 aliphatic carbocycles. The second kappa shape index (κ2) is 8.33. The molecule has 1 aliphatic rings. The number of imide groups is 1. The number of anilines is 1. The fourth-order valence-electron chi connectivity index (χ4n) is 3.04. The van der Waals surface area contributed by atoms with Crippen molar-refractivity contribution in [3.8, 4) is 0 Å². The van der Waals surface area contributed by atoms with Crippen molar-refractivity contribution in [2.75, 3.05) is 5.32 Å². The summed E-state index contributed by atoms with van der Waals surface area (Å²) in [5.74, 6) is -2.39. The van der Waals surface area contributed by atoms with Gasteiger partial charge in [-0.05, 0) is 43.7 Å². The maximum atomic E-state index is 13.1. The number of nitrogens with one attached hydrogen (secondary N) is 3. The summed E-state index contributed by atoms with van der Waals surface area (Å²) in [6, 6.07) is 9.33. The SMILES string of the molecule is C[C@H](OC(=O)c1ccc([C@]2(C)NC(=O)NC2=O)cc1)C(=O)Nc1ccccc1C(F)(F)F. The summed E-state index contributed by atoms with van der Waals surface area (Å²) < 4.78 is 44.2. The van der Waals surface area contributed by atoms with Gasteiger partial charge in [-0.25, -0.2) is 9.59 Å². The summed E-state index contributed by atoms with van der Waals surface area (Å²) in [5, 5.41) is 6.71. The zero-order valence-electron chi connectivity index (χ0n) is 16.9. The van der Waals surface area contributed by atoms with Crippen LogP contribution in [0.4, 0.5) is 23.7 Å². The third-order valence-electron chi connectivity index (χ3n) is 4.89. The molecule has 8 nitrogen and oxygen atoms in total. The first-order valence-corrected chi connectivity index (χ1v) is 9.34. The van der Waals surface area contributed by atoms with Crippen LogP contribution in [0, 0.1) is 0 Å². The summed E-state index contributed by atoms with van der Waals surface area (Å²) in [6.45, 7) is 2.71. The molecule has 168 valence electrons. The number of rotatable bonds is 5. The van der Waals surface area contributed by atoms with Gasteiger partial charge < -0.3 is 15.4 Å². The summed E-state index contributed by atoms with van der Waals surface area (Å²) in [6.07, 6.45) is -6.06. The van der Waals surface area contributed by atoms with Crippen LogP contribution in [-0.4, -0.2) is 29.9 Å². The Balaban J connectivity index is 1.67. The average Bonchev–Trinajstić information content (AvgIpc) is 3.00. The highest BCUT2D eigenvalue weighted by Gasteiger charge is 2.43. The lowest BCUT2D eigenvalue weighted by Gasteiger charge is -2.21. The molecule has 0 unspecified atom stereocenters. The van der Waals surface area contributed by atoms with E-state index in [9.17, 15) is 32.3 Å². The molecular weight excluding hydrogens is 431 g/mol. The zero-order chi connectivity index (χ0) is 23.7. The van der Waals surface area contributed by atoms with E-state index in [0.29, 0.717) is 5.56 Å². The van der Waals surface area contributed by atoms with Gasteiger partial charge in [0.1, 0.15) is 5.54 Å². The Bertz CT molecular complexity index is 1080. The van der Waals surface area contributed by atoms with Crippen molar-refractivity contribution in [3.05, 3.63) is 65.2 Å². The Morgan fingerprint density at radius 2 is 1.69 bits per heavy atom. The number of halogens is 3. The van der Waals surface area contributed by atoms with Crippen molar-refractivity contribution in [3.63, 3.8) is 0 Å². The molecule has 3 N–H and O–H groups in total. The lowest BCUT2D eigenvalue weighted by molar-refractivity contribution is -0.137. The van der Waals surface area contributed by atoms with Gasteiger partial charge in [-0.2, -0.15) is 13.2 Å². The molecule has 0 bridgehead atoms. The monoisotopic (exact) mass is 449 g/mol. The Labute approximate surface area is 180 Å². The van der Waals surface area contributed by atoms with Crippen molar-refractivity contribution in [2.45, 2.75) is 31.7 Å². The zero-order valence-corrected chi connectivity index (χ0v) is 16.9. The lowest BCUT2D eigenvalue weighted by atomic mass is 9.91. The maximum absolute atomic E-state index is 13.1. The van der Waals surface area contributed by atoms with Gasteiger partial charge in [-0.15, -0.1) is 0 Å². The van der Waals surface area contributed by atoms with E-state index in [1.807, 2.05) is 0 Å². The number of urea groups is 1. The molecule has 11 heteroatoms. The van der Waals surface area contributed by atoms with E-state index in [0.717, 1.165) is 12.1 Å². The summed E-state index contributed by atoms with van der Waals surface area (Å²) in [4.78, 5) is 48.0. The Kier molecular flexibility index (Phi) is 5.93. The lowest BCUT2D eigenvalue weighted by Crippen LogP contribution is -2.40. The fraction of sp³-hybridized carbons (Fsp3) is 0.238. The number of hydrogen-bond donors (Lipinski definition) is 3. The van der Waals surface area contributed by atoms with Crippen molar-refractivity contribution in [2.24, 2.45) is 0 Å². The molecule has 1 fully saturated rings. The second-order valence-electron chi connectivity index (χ2n) is 7.19. The first-order valence-electron chi connectivity index (χ1n) is 9.34. The molecule has 0 spiro atoms. The van der Waals surface area contributed by atoms with Crippen molar-refractivity contribution >= 4 is 29.5 Å². The first-order chi connectivity index (χ1) is 14.9. The first kappa shape index (κ1) is 22.8. The molecule has 2 aromatic rings. The fourth-order valence-corrected chi connectivity index (χ4v) is 3.04. The molecule has 2 aromatic carbocycles. The van der Waals surface area contributed by atoms with Crippen LogP contribution < -0.4 is 16.0 Å². The van der Waals surface area contributed by atoms with Crippen LogP contribution in [0.2, 0.25) is 0 Å². The molecule has 0 radical (unpaired) electrons. The third kappa shape index (κ3) is 4.56. The van der Waals surface area contributed by atoms with Crippen molar-refractivity contribution in [1.82, 2.24) is 10.6 Å². The predicted molar refractivity (Wildman–Crippen MR) is 105 cm³/mol. The molecule has 0 aromatic heterocycles. The topological polar surface area (TPSA) is 114 Å². The van der Waals surface area contributed by atoms with Gasteiger partial charge in [0.25, 0.3) is 11.8 Å². The van der Waals surface area contributed by atoms with E-state index in [-0.39, 0.29) is 5.56 Å². The average molecular weight is 449 g/mol. The molecule has 32 heavy (non-hydrogen) atoms. The number of hydrogen-bond acceptors (Lipinski definition) is 5. The Hall–Kier alpha value is -3.89. The Morgan fingerprint density at radius 3 is 2.25 bits per heavy atom. The van der Waals surface area contributed by atoms with Crippen LogP contribution in [0.25, 0.3) is 0 Å². The minimum absolute atomic E-state index is 0.0393. The van der Waals surface area contributed by atoms with E-state index in [1.165, 1.54) is 50.2 Å². The quantitative estimate of drug-likeness (QED) is 0.480. The van der Waals surface area contributed by atoms with Gasteiger partial charge in [0.15, 0.2) is 6.10 Å². The van der Waals surface area contributed by atoms with Gasteiger partial charge >= 0.3 is 18.2 Å². The van der Waals surface area contributed by atoms with Crippen molar-refractivity contribution < 1.29 is 37.1 Å². The largest absolute Gasteiger partial charge is 0.449 e. The smallest absolute Gasteiger partial charge is 0.418 e. The number of ether oxygens (including phenoxy) is 1. The number of amides is 4. The predicted octanol–water partition coefficient (Wildman–Crippen LogP) is 2.94. The number of alkyl halides is 3. The van der Waals surface area contributed by atoms with Gasteiger partial charge in [-0.3, -0.25) is 14.9 Å². The molecule has 4 amide bonds. The molecule has 3 rings (SSSR count). The van der Waals surface area contributed by atoms with Gasteiger partial charge in [-0.1, -0.05) is 24.3 Å². The molecular formula is C21H18F3N3O5. The van der Waals surface area contributed by atoms with E-state index < -0.39 is 52.9 Å². The molecule has 1 saturated heterocycles. The number of carbonyl (C=O) groups is 4. The highest BCUT2D eigenvalue weighted by molar-refractivity contribution is 6.07. The standard InChI is InChI=1S/C21H18F3N3O5/c1-11(16(28)25-15-6-4-3-5-14(15)21(22,23)24)32-17(29)12-7-9-13(10-8-12)20(2)18(30)26-19(31)27-20/h3-11H,1-2H3,(H,25,28)(H2,26,27,30,31)/t11-,20-/m0/s1. The van der Waals surface area contributed by atoms with Crippen LogP contribution in [0.5, 0.6) is 0 Å². The minimum atomic E-state index is -4.67. The van der Waals surface area contributed by atoms with E-state index in [4.69, 9.17) is 4.74 Å². The molecule has 1 heterocycles. The van der Waals surface area contributed by atoms with E-state index in [2.05, 4.69) is 16.0 Å². The van der Waals surface area contributed by atoms with Gasteiger partial charge in [0.2, 0.25) is 0 Å². The highest BCUT2D eigenvalue weighted by atomic mass is 19.4. The minimum Gasteiger partial charge on any atom is -0.449 e. The van der Waals surface area contributed by atoms with Gasteiger partial charge in [0, 0.05) is 0 Å². The third-order valence-corrected chi connectivity index (χ3v) is 4.89. The highest BCUT2D eigenvalue weighted by Crippen LogP contribution is 2.34. The number of para-hydroxylation sites is 1. The van der Waals surface area contributed by atoms with Crippen LogP contribution in [0.15, 0.2) is 48.5 Å². The summed E-state index contributed by atoms with van der Waals surface area (Å²) in [5.41, 5.74) is -2.34. The molecule has 2 atom stereocenters. The second-order valence-corrected chi connectivity index (χ2v) is 7.19. The van der Waals surface area contributed by atoms with Crippen LogP contribution in [0.3, 0.4) is 0 Å². The number of benzene rings is 2. The van der Waals surface area contributed by atoms with Crippen LogP contribution in [-0.2, 0) is 26.0 Å². The normalized spacial score (nSPS) is 19.0. The molecule has 1 aliphatic heterocycles. The summed E-state index contributed by atoms with van der Waals surface area (Å²) >= 11 is 0. The number of esters is 1. The van der Waals surface area contributed by atoms with Crippen LogP contribution >= 0.6 is 0 Å². The number of carbonyl (C=O) groups excluding carboxylic acids is 4.